The van der Waals surface area contributed by atoms with E-state index in [1.807, 2.05) is 32.9 Å². The number of anilines is 2. The molecular weight excluding hydrogens is 268 g/mol. The normalized spacial score (nSPS) is 17.0. The van der Waals surface area contributed by atoms with Crippen LogP contribution in [0.15, 0.2) is 12.1 Å². The molecule has 21 heavy (non-hydrogen) atoms. The zero-order valence-electron chi connectivity index (χ0n) is 13.2. The van der Waals surface area contributed by atoms with Gasteiger partial charge in [-0.05, 0) is 32.9 Å². The molecule has 1 aliphatic heterocycles. The number of hydrogen-bond acceptors (Lipinski definition) is 6. The average molecular weight is 294 g/mol. The molecule has 3 N–H and O–H groups in total. The van der Waals surface area contributed by atoms with E-state index in [1.54, 1.807) is 0 Å². The topological polar surface area (TPSA) is 74.8 Å². The van der Waals surface area contributed by atoms with Gasteiger partial charge in [0, 0.05) is 32.7 Å². The average Bonchev–Trinajstić information content (AvgIpc) is 2.41. The number of aliphatic hydroxyl groups excluding tert-OH is 1. The quantitative estimate of drug-likeness (QED) is 0.861. The minimum Gasteiger partial charge on any atom is -0.470 e. The Labute approximate surface area is 126 Å². The van der Waals surface area contributed by atoms with Gasteiger partial charge in [-0.3, -0.25) is 4.90 Å². The Morgan fingerprint density at radius 3 is 2.48 bits per heavy atom. The number of aromatic nitrogens is 1. The van der Waals surface area contributed by atoms with Crippen molar-refractivity contribution >= 4 is 11.5 Å². The maximum Gasteiger partial charge on any atom is 0.239 e. The first kappa shape index (κ1) is 15.9. The van der Waals surface area contributed by atoms with Crippen LogP contribution in [-0.4, -0.2) is 59.9 Å². The molecule has 0 saturated carbocycles. The molecule has 1 aromatic rings. The van der Waals surface area contributed by atoms with Crippen molar-refractivity contribution in [2.45, 2.75) is 26.4 Å². The summed E-state index contributed by atoms with van der Waals surface area (Å²) in [7, 11) is 0. The summed E-state index contributed by atoms with van der Waals surface area (Å²) >= 11 is 0. The van der Waals surface area contributed by atoms with Crippen LogP contribution >= 0.6 is 0 Å². The molecule has 0 unspecified atom stereocenters. The fraction of sp³-hybridized carbons (Fsp3) is 0.667. The second kappa shape index (κ2) is 6.49. The number of rotatable bonds is 4. The second-order valence-electron chi connectivity index (χ2n) is 6.33. The molecule has 0 aliphatic carbocycles. The number of nitrogen functional groups attached to an aromatic ring is 1. The fourth-order valence-electron chi connectivity index (χ4n) is 2.33. The van der Waals surface area contributed by atoms with E-state index in [1.165, 1.54) is 0 Å². The zero-order chi connectivity index (χ0) is 15.5. The number of ether oxygens (including phenoxy) is 1. The first-order valence-electron chi connectivity index (χ1n) is 7.43. The molecule has 0 aromatic carbocycles. The predicted molar refractivity (Wildman–Crippen MR) is 84.8 cm³/mol. The molecule has 6 heteroatoms. The van der Waals surface area contributed by atoms with E-state index in [-0.39, 0.29) is 12.2 Å². The van der Waals surface area contributed by atoms with Gasteiger partial charge in [-0.2, -0.15) is 4.98 Å². The van der Waals surface area contributed by atoms with E-state index >= 15 is 0 Å². The second-order valence-corrected chi connectivity index (χ2v) is 6.33. The van der Waals surface area contributed by atoms with Gasteiger partial charge in [-0.25, -0.2) is 0 Å². The molecule has 2 heterocycles. The van der Waals surface area contributed by atoms with Gasteiger partial charge in [-0.1, -0.05) is 0 Å². The molecule has 1 saturated heterocycles. The van der Waals surface area contributed by atoms with Crippen molar-refractivity contribution in [1.82, 2.24) is 9.88 Å². The van der Waals surface area contributed by atoms with Crippen LogP contribution in [0.25, 0.3) is 0 Å². The van der Waals surface area contributed by atoms with E-state index in [0.717, 1.165) is 38.5 Å². The lowest BCUT2D eigenvalue weighted by Gasteiger charge is -2.35. The Bertz CT molecular complexity index is 465. The lowest BCUT2D eigenvalue weighted by molar-refractivity contribution is 0.125. The summed E-state index contributed by atoms with van der Waals surface area (Å²) in [5.74, 6) is 1.39. The summed E-state index contributed by atoms with van der Waals surface area (Å²) in [6.07, 6.45) is 0. The van der Waals surface area contributed by atoms with Crippen molar-refractivity contribution < 1.29 is 9.84 Å². The molecule has 6 nitrogen and oxygen atoms in total. The van der Waals surface area contributed by atoms with E-state index in [9.17, 15) is 0 Å². The third-order valence-electron chi connectivity index (χ3n) is 3.39. The SMILES string of the molecule is CC(C)(C)Oc1nc(N2CCN(CCO)CC2)ccc1N. The van der Waals surface area contributed by atoms with Crippen LogP contribution in [0.1, 0.15) is 20.8 Å². The highest BCUT2D eigenvalue weighted by atomic mass is 16.5. The van der Waals surface area contributed by atoms with Crippen molar-refractivity contribution in [3.8, 4) is 5.88 Å². The van der Waals surface area contributed by atoms with E-state index in [4.69, 9.17) is 15.6 Å². The molecule has 0 atom stereocenters. The summed E-state index contributed by atoms with van der Waals surface area (Å²) in [5, 5.41) is 8.98. The van der Waals surface area contributed by atoms with Crippen LogP contribution in [0.3, 0.4) is 0 Å². The summed E-state index contributed by atoms with van der Waals surface area (Å²) < 4.78 is 5.82. The molecule has 118 valence electrons. The molecule has 0 amide bonds. The third-order valence-corrected chi connectivity index (χ3v) is 3.39. The van der Waals surface area contributed by atoms with Crippen molar-refractivity contribution in [2.24, 2.45) is 0 Å². The Morgan fingerprint density at radius 2 is 1.90 bits per heavy atom. The largest absolute Gasteiger partial charge is 0.470 e. The number of pyridine rings is 1. The summed E-state index contributed by atoms with van der Waals surface area (Å²) in [5.41, 5.74) is 6.19. The molecule has 2 rings (SSSR count). The Morgan fingerprint density at radius 1 is 1.24 bits per heavy atom. The Balaban J connectivity index is 2.06. The van der Waals surface area contributed by atoms with Crippen LogP contribution in [0.2, 0.25) is 0 Å². The zero-order valence-corrected chi connectivity index (χ0v) is 13.2. The lowest BCUT2D eigenvalue weighted by Crippen LogP contribution is -2.47. The highest BCUT2D eigenvalue weighted by Gasteiger charge is 2.20. The number of nitrogens with zero attached hydrogens (tertiary/aromatic N) is 3. The molecule has 0 bridgehead atoms. The van der Waals surface area contributed by atoms with Gasteiger partial charge in [0.2, 0.25) is 5.88 Å². The molecule has 1 fully saturated rings. The van der Waals surface area contributed by atoms with Gasteiger partial charge in [0.1, 0.15) is 11.4 Å². The van der Waals surface area contributed by atoms with Crippen LogP contribution in [-0.2, 0) is 0 Å². The first-order valence-corrected chi connectivity index (χ1v) is 7.43. The van der Waals surface area contributed by atoms with Gasteiger partial charge in [0.15, 0.2) is 0 Å². The number of aliphatic hydroxyl groups is 1. The third kappa shape index (κ3) is 4.47. The van der Waals surface area contributed by atoms with E-state index in [0.29, 0.717) is 11.6 Å². The predicted octanol–water partition coefficient (Wildman–Crippen LogP) is 0.955. The smallest absolute Gasteiger partial charge is 0.239 e. The highest BCUT2D eigenvalue weighted by molar-refractivity contribution is 5.55. The molecule has 1 aliphatic rings. The van der Waals surface area contributed by atoms with Crippen LogP contribution in [0.5, 0.6) is 5.88 Å². The number of hydrogen-bond donors (Lipinski definition) is 2. The fourth-order valence-corrected chi connectivity index (χ4v) is 2.33. The maximum absolute atomic E-state index is 8.98. The van der Waals surface area contributed by atoms with Gasteiger partial charge in [0.05, 0.1) is 12.3 Å². The number of β-amino-alcohol motifs (C(OH)–C–C–N with tert-alkyl or cyclic N) is 1. The van der Waals surface area contributed by atoms with Gasteiger partial charge in [-0.15, -0.1) is 0 Å². The van der Waals surface area contributed by atoms with Gasteiger partial charge < -0.3 is 20.5 Å². The molecular formula is C15H26N4O2. The van der Waals surface area contributed by atoms with Crippen molar-refractivity contribution in [1.29, 1.82) is 0 Å². The lowest BCUT2D eigenvalue weighted by atomic mass is 10.2. The van der Waals surface area contributed by atoms with Crippen molar-refractivity contribution in [2.75, 3.05) is 50.0 Å². The monoisotopic (exact) mass is 294 g/mol. The van der Waals surface area contributed by atoms with Crippen LogP contribution in [0, 0.1) is 0 Å². The highest BCUT2D eigenvalue weighted by Crippen LogP contribution is 2.26. The van der Waals surface area contributed by atoms with Gasteiger partial charge in [0.25, 0.3) is 0 Å². The number of piperazine rings is 1. The molecule has 0 spiro atoms. The minimum atomic E-state index is -0.320. The van der Waals surface area contributed by atoms with Gasteiger partial charge >= 0.3 is 0 Å². The van der Waals surface area contributed by atoms with Crippen LogP contribution in [0.4, 0.5) is 11.5 Å². The van der Waals surface area contributed by atoms with Crippen LogP contribution < -0.4 is 15.4 Å². The number of nitrogens with two attached hydrogens (primary N) is 1. The Hall–Kier alpha value is -1.53. The first-order chi connectivity index (χ1) is 9.89. The summed E-state index contributed by atoms with van der Waals surface area (Å²) in [6, 6.07) is 3.79. The summed E-state index contributed by atoms with van der Waals surface area (Å²) in [6.45, 7) is 10.5. The maximum atomic E-state index is 8.98. The van der Waals surface area contributed by atoms with E-state index < -0.39 is 0 Å². The molecule has 0 radical (unpaired) electrons. The van der Waals surface area contributed by atoms with Crippen molar-refractivity contribution in [3.05, 3.63) is 12.1 Å². The Kier molecular flexibility index (Phi) is 4.90. The van der Waals surface area contributed by atoms with Crippen molar-refractivity contribution in [3.63, 3.8) is 0 Å². The minimum absolute atomic E-state index is 0.212. The molecule has 1 aromatic heterocycles. The van der Waals surface area contributed by atoms with E-state index in [2.05, 4.69) is 14.8 Å². The summed E-state index contributed by atoms with van der Waals surface area (Å²) in [4.78, 5) is 9.04. The standard InChI is InChI=1S/C15H26N4O2/c1-15(2,3)21-14-12(16)4-5-13(17-14)19-8-6-18(7-9-19)10-11-20/h4-5,20H,6-11,16H2,1-3H3.